The van der Waals surface area contributed by atoms with Crippen molar-refractivity contribution in [1.82, 2.24) is 10.3 Å². The van der Waals surface area contributed by atoms with Crippen LogP contribution >= 0.6 is 11.8 Å². The van der Waals surface area contributed by atoms with Crippen LogP contribution in [0.1, 0.15) is 59.9 Å². The predicted octanol–water partition coefficient (Wildman–Crippen LogP) is 7.92. The van der Waals surface area contributed by atoms with Gasteiger partial charge in [0.2, 0.25) is 5.91 Å². The van der Waals surface area contributed by atoms with Crippen LogP contribution < -0.4 is 5.32 Å². The number of para-hydroxylation sites is 1. The maximum absolute atomic E-state index is 12.5. The molecule has 170 valence electrons. The average Bonchev–Trinajstić information content (AvgIpc) is 3.17. The van der Waals surface area contributed by atoms with Crippen LogP contribution in [0, 0.1) is 0 Å². The monoisotopic (exact) mass is 448 g/mol. The van der Waals surface area contributed by atoms with E-state index in [1.165, 1.54) is 16.7 Å². The number of carbonyl (C=O) groups excluding carboxylic acids is 1. The maximum Gasteiger partial charge on any atom is 0.247 e. The van der Waals surface area contributed by atoms with Crippen molar-refractivity contribution < 1.29 is 4.79 Å². The lowest BCUT2D eigenvalue weighted by atomic mass is 10.0. The van der Waals surface area contributed by atoms with E-state index in [2.05, 4.69) is 75.8 Å². The third-order valence-electron chi connectivity index (χ3n) is 5.16. The van der Waals surface area contributed by atoms with E-state index in [-0.39, 0.29) is 5.91 Å². The van der Waals surface area contributed by atoms with Crippen molar-refractivity contribution in [3.63, 3.8) is 0 Å². The van der Waals surface area contributed by atoms with Gasteiger partial charge in [-0.25, -0.2) is 0 Å². The molecule has 0 unspecified atom stereocenters. The molecule has 0 fully saturated rings. The Morgan fingerprint density at radius 1 is 1.09 bits per heavy atom. The fourth-order valence-corrected chi connectivity index (χ4v) is 4.17. The summed E-state index contributed by atoms with van der Waals surface area (Å²) in [7, 11) is 0. The van der Waals surface area contributed by atoms with Gasteiger partial charge in [-0.2, -0.15) is 0 Å². The molecule has 0 bridgehead atoms. The number of benzene rings is 1. The van der Waals surface area contributed by atoms with Crippen LogP contribution in [0.25, 0.3) is 16.5 Å². The minimum atomic E-state index is -0.0448. The van der Waals surface area contributed by atoms with E-state index in [1.807, 2.05) is 30.7 Å². The predicted molar refractivity (Wildman–Crippen MR) is 142 cm³/mol. The van der Waals surface area contributed by atoms with Gasteiger partial charge < -0.3 is 10.3 Å². The van der Waals surface area contributed by atoms with Gasteiger partial charge in [-0.15, -0.1) is 0 Å². The van der Waals surface area contributed by atoms with E-state index in [1.54, 1.807) is 11.8 Å². The van der Waals surface area contributed by atoms with Crippen LogP contribution in [-0.2, 0) is 4.79 Å². The molecule has 2 aromatic rings. The van der Waals surface area contributed by atoms with Gasteiger partial charge in [-0.3, -0.25) is 4.79 Å². The SMILES string of the molecule is C=C(C(S/C=C(\C)C(=O)NC/C=C(\C)CCC=C(C)C)=C(C)C)c1c[nH]c2ccccc12. The fourth-order valence-electron chi connectivity index (χ4n) is 3.28. The highest BCUT2D eigenvalue weighted by atomic mass is 32.2. The second-order valence-electron chi connectivity index (χ2n) is 8.55. The summed E-state index contributed by atoms with van der Waals surface area (Å²) in [5, 5.41) is 6.06. The molecule has 4 heteroatoms. The fraction of sp³-hybridized carbons (Fsp3) is 0.321. The normalized spacial score (nSPS) is 11.9. The molecule has 2 N–H and O–H groups in total. The third-order valence-corrected chi connectivity index (χ3v) is 6.52. The number of fused-ring (bicyclic) bond motifs is 1. The number of aromatic nitrogens is 1. The molecule has 1 amide bonds. The Balaban J connectivity index is 1.99. The van der Waals surface area contributed by atoms with E-state index < -0.39 is 0 Å². The lowest BCUT2D eigenvalue weighted by molar-refractivity contribution is -0.117. The molecule has 1 aromatic carbocycles. The zero-order valence-electron chi connectivity index (χ0n) is 20.3. The molecule has 1 aromatic heterocycles. The number of hydrogen-bond acceptors (Lipinski definition) is 2. The summed E-state index contributed by atoms with van der Waals surface area (Å²) in [6.45, 7) is 17.3. The number of aromatic amines is 1. The second kappa shape index (κ2) is 12.4. The molecule has 0 atom stereocenters. The van der Waals surface area contributed by atoms with Crippen molar-refractivity contribution in [1.29, 1.82) is 0 Å². The van der Waals surface area contributed by atoms with Gasteiger partial charge in [-0.1, -0.05) is 65.4 Å². The summed E-state index contributed by atoms with van der Waals surface area (Å²) < 4.78 is 0. The average molecular weight is 449 g/mol. The summed E-state index contributed by atoms with van der Waals surface area (Å²) in [5.41, 5.74) is 7.64. The van der Waals surface area contributed by atoms with E-state index in [0.717, 1.165) is 39.8 Å². The topological polar surface area (TPSA) is 44.9 Å². The Hall–Kier alpha value is -2.72. The number of amides is 1. The first kappa shape index (κ1) is 25.5. The first-order chi connectivity index (χ1) is 15.2. The van der Waals surface area contributed by atoms with E-state index in [0.29, 0.717) is 12.1 Å². The van der Waals surface area contributed by atoms with Crippen molar-refractivity contribution in [2.45, 2.75) is 54.4 Å². The number of carbonyl (C=O) groups is 1. The molecule has 0 spiro atoms. The largest absolute Gasteiger partial charge is 0.361 e. The highest BCUT2D eigenvalue weighted by Crippen LogP contribution is 2.37. The van der Waals surface area contributed by atoms with Crippen molar-refractivity contribution in [2.75, 3.05) is 6.54 Å². The lowest BCUT2D eigenvalue weighted by Gasteiger charge is -2.11. The Morgan fingerprint density at radius 2 is 1.81 bits per heavy atom. The van der Waals surface area contributed by atoms with Gasteiger partial charge >= 0.3 is 0 Å². The van der Waals surface area contributed by atoms with Gasteiger partial charge in [0.15, 0.2) is 0 Å². The van der Waals surface area contributed by atoms with Crippen molar-refractivity contribution >= 4 is 34.1 Å². The molecule has 0 aliphatic heterocycles. The third kappa shape index (κ3) is 7.45. The first-order valence-electron chi connectivity index (χ1n) is 11.0. The van der Waals surface area contributed by atoms with Crippen LogP contribution in [0.3, 0.4) is 0 Å². The molecule has 1 heterocycles. The van der Waals surface area contributed by atoms with Crippen molar-refractivity contribution in [2.24, 2.45) is 0 Å². The summed E-state index contributed by atoms with van der Waals surface area (Å²) in [5.74, 6) is -0.0448. The second-order valence-corrected chi connectivity index (χ2v) is 9.43. The zero-order chi connectivity index (χ0) is 23.7. The van der Waals surface area contributed by atoms with Gasteiger partial charge in [-0.05, 0) is 71.4 Å². The smallest absolute Gasteiger partial charge is 0.247 e. The number of allylic oxidation sites excluding steroid dienone is 5. The molecule has 3 nitrogen and oxygen atoms in total. The minimum Gasteiger partial charge on any atom is -0.361 e. The number of hydrogen-bond donors (Lipinski definition) is 2. The highest BCUT2D eigenvalue weighted by Gasteiger charge is 2.13. The molecule has 0 radical (unpaired) electrons. The Morgan fingerprint density at radius 3 is 2.50 bits per heavy atom. The Kier molecular flexibility index (Phi) is 9.86. The Labute approximate surface area is 197 Å². The van der Waals surface area contributed by atoms with Crippen LogP contribution in [0.2, 0.25) is 0 Å². The summed E-state index contributed by atoms with van der Waals surface area (Å²) in [4.78, 5) is 16.9. The van der Waals surface area contributed by atoms with Crippen molar-refractivity contribution in [3.8, 4) is 0 Å². The van der Waals surface area contributed by atoms with Crippen LogP contribution in [0.4, 0.5) is 0 Å². The van der Waals surface area contributed by atoms with Crippen LogP contribution in [0.15, 0.2) is 81.8 Å². The number of nitrogens with one attached hydrogen (secondary N) is 2. The van der Waals surface area contributed by atoms with Crippen LogP contribution in [-0.4, -0.2) is 17.4 Å². The number of rotatable bonds is 10. The summed E-state index contributed by atoms with van der Waals surface area (Å²) in [6.07, 6.45) is 8.40. The number of H-pyrrole nitrogens is 1. The molecule has 32 heavy (non-hydrogen) atoms. The highest BCUT2D eigenvalue weighted by molar-refractivity contribution is 8.06. The summed E-state index contributed by atoms with van der Waals surface area (Å²) >= 11 is 1.56. The Bertz CT molecular complexity index is 1090. The molecular weight excluding hydrogens is 412 g/mol. The summed E-state index contributed by atoms with van der Waals surface area (Å²) in [6, 6.07) is 8.22. The molecule has 0 saturated heterocycles. The molecule has 0 saturated carbocycles. The van der Waals surface area contributed by atoms with Gasteiger partial charge in [0.05, 0.1) is 0 Å². The molecule has 2 rings (SSSR count). The lowest BCUT2D eigenvalue weighted by Crippen LogP contribution is -2.24. The minimum absolute atomic E-state index is 0.0448. The number of thioether (sulfide) groups is 1. The standard InChI is InChI=1S/C28H36N2OS/c1-19(2)11-10-12-21(5)15-16-29-28(31)22(6)18-32-27(20(3)4)23(7)25-17-30-26-14-9-8-13-24(25)26/h8-9,11,13-15,17-18,30H,7,10,12,16H2,1-6H3,(H,29,31)/b21-15+,22-18+. The molecule has 0 aliphatic carbocycles. The van der Waals surface area contributed by atoms with Crippen molar-refractivity contribution in [3.05, 3.63) is 87.4 Å². The van der Waals surface area contributed by atoms with Crippen LogP contribution in [0.5, 0.6) is 0 Å². The van der Waals surface area contributed by atoms with E-state index in [4.69, 9.17) is 0 Å². The molecule has 0 aliphatic rings. The maximum atomic E-state index is 12.5. The van der Waals surface area contributed by atoms with Gasteiger partial charge in [0.1, 0.15) is 0 Å². The molecular formula is C28H36N2OS. The van der Waals surface area contributed by atoms with Gasteiger partial charge in [0.25, 0.3) is 0 Å². The van der Waals surface area contributed by atoms with E-state index in [9.17, 15) is 4.79 Å². The zero-order valence-corrected chi connectivity index (χ0v) is 21.1. The quantitative estimate of drug-likeness (QED) is 0.220. The van der Waals surface area contributed by atoms with E-state index >= 15 is 0 Å². The van der Waals surface area contributed by atoms with Gasteiger partial charge in [0, 0.05) is 39.7 Å². The first-order valence-corrected chi connectivity index (χ1v) is 11.9.